The Morgan fingerprint density at radius 2 is 1.48 bits per heavy atom. The lowest BCUT2D eigenvalue weighted by Crippen LogP contribution is -2.61. The van der Waals surface area contributed by atoms with Gasteiger partial charge in [-0.25, -0.2) is 4.79 Å². The molecule has 3 heterocycles. The van der Waals surface area contributed by atoms with Crippen LogP contribution in [0, 0.1) is 23.7 Å². The molecule has 3 saturated heterocycles. The van der Waals surface area contributed by atoms with Crippen LogP contribution in [-0.4, -0.2) is 65.4 Å². The number of nitrogens with zero attached hydrogens (tertiary/aromatic N) is 2. The minimum Gasteiger partial charge on any atom is -0.392 e. The number of benzene rings is 4. The van der Waals surface area contributed by atoms with E-state index in [-0.39, 0.29) is 42.2 Å². The van der Waals surface area contributed by atoms with Crippen LogP contribution < -0.4 is 20.9 Å². The summed E-state index contributed by atoms with van der Waals surface area (Å²) in [7, 11) is 0. The van der Waals surface area contributed by atoms with Gasteiger partial charge in [0.25, 0.3) is 0 Å². The predicted octanol–water partition coefficient (Wildman–Crippen LogP) is 7.83. The maximum Gasteiger partial charge on any atom is 0.315 e. The lowest BCUT2D eigenvalue weighted by molar-refractivity contribution is -0.276. The normalized spacial score (nSPS) is 30.7. The van der Waals surface area contributed by atoms with Crippen molar-refractivity contribution in [2.45, 2.75) is 101 Å². The van der Waals surface area contributed by atoms with E-state index < -0.39 is 11.8 Å². The van der Waals surface area contributed by atoms with Crippen molar-refractivity contribution < 1.29 is 24.2 Å². The number of aliphatic hydroxyl groups is 1. The first kappa shape index (κ1) is 39.4. The maximum absolute atomic E-state index is 13.4. The standard InChI is InChI=1S/C50H59N5O5/c1-33-44(30-54-20-18-50(19-21-54)47(57)52-32-55(50)43-8-3-2-4-9-43)59-46(60-45(33)40-12-10-34(31-56)11-13-40)41-16-14-39(15-17-41)42-7-5-6-35(25-42)29-51-48(58)53-49-26-36-22-37(27-49)24-38(23-36)28-49/h2-17,25,33,36-38,44-46,56H,18-24,26-32H2,1H3,(H,52,57)(H2,51,53,58)/t33-,36?,37?,38?,44+,45+,46+,49?/m0/s1. The Labute approximate surface area is 354 Å². The highest BCUT2D eigenvalue weighted by molar-refractivity contribution is 5.93. The number of carbonyl (C=O) groups is 2. The highest BCUT2D eigenvalue weighted by atomic mass is 16.7. The zero-order valence-electron chi connectivity index (χ0n) is 34.7. The fraction of sp³-hybridized carbons (Fsp3) is 0.480. The van der Waals surface area contributed by atoms with Gasteiger partial charge in [-0.2, -0.15) is 0 Å². The van der Waals surface area contributed by atoms with Gasteiger partial charge < -0.3 is 40.3 Å². The molecule has 4 aromatic rings. The third-order valence-corrected chi connectivity index (χ3v) is 15.0. The Balaban J connectivity index is 0.811. The Morgan fingerprint density at radius 3 is 2.17 bits per heavy atom. The van der Waals surface area contributed by atoms with Gasteiger partial charge in [0, 0.05) is 48.9 Å². The number of carbonyl (C=O) groups excluding carboxylic acids is 2. The second-order valence-corrected chi connectivity index (χ2v) is 18.9. The summed E-state index contributed by atoms with van der Waals surface area (Å²) < 4.78 is 13.7. The number of aliphatic hydroxyl groups excluding tert-OH is 1. The lowest BCUT2D eigenvalue weighted by Gasteiger charge is -2.56. The molecule has 7 fully saturated rings. The largest absolute Gasteiger partial charge is 0.392 e. The number of hydrogen-bond acceptors (Lipinski definition) is 7. The van der Waals surface area contributed by atoms with Crippen molar-refractivity contribution in [3.63, 3.8) is 0 Å². The van der Waals surface area contributed by atoms with Crippen molar-refractivity contribution in [2.75, 3.05) is 31.2 Å². The first-order valence-electron chi connectivity index (χ1n) is 22.3. The average Bonchev–Trinajstić information content (AvgIpc) is 3.58. The van der Waals surface area contributed by atoms with Gasteiger partial charge in [-0.1, -0.05) is 91.9 Å². The summed E-state index contributed by atoms with van der Waals surface area (Å²) in [6.07, 6.45) is 8.08. The highest BCUT2D eigenvalue weighted by Crippen LogP contribution is 2.55. The smallest absolute Gasteiger partial charge is 0.315 e. The van der Waals surface area contributed by atoms with Crippen LogP contribution in [0.25, 0.3) is 11.1 Å². The molecule has 314 valence electrons. The van der Waals surface area contributed by atoms with E-state index in [9.17, 15) is 14.7 Å². The Morgan fingerprint density at radius 1 is 0.800 bits per heavy atom. The molecule has 10 heteroatoms. The van der Waals surface area contributed by atoms with Crippen molar-refractivity contribution >= 4 is 17.6 Å². The molecular formula is C50H59N5O5. The molecule has 3 aliphatic heterocycles. The molecule has 4 atom stereocenters. The molecule has 7 aliphatic rings. The predicted molar refractivity (Wildman–Crippen MR) is 231 cm³/mol. The number of piperidine rings is 1. The molecule has 0 radical (unpaired) electrons. The topological polar surface area (TPSA) is 115 Å². The van der Waals surface area contributed by atoms with Crippen molar-refractivity contribution in [2.24, 2.45) is 23.7 Å². The summed E-state index contributed by atoms with van der Waals surface area (Å²) in [6, 6.07) is 35.1. The van der Waals surface area contributed by atoms with Crippen LogP contribution in [-0.2, 0) is 27.4 Å². The molecule has 60 heavy (non-hydrogen) atoms. The van der Waals surface area contributed by atoms with E-state index in [0.717, 1.165) is 109 Å². The van der Waals surface area contributed by atoms with Crippen LogP contribution in [0.3, 0.4) is 0 Å². The maximum atomic E-state index is 13.4. The molecule has 1 spiro atoms. The van der Waals surface area contributed by atoms with Gasteiger partial charge in [0.1, 0.15) is 5.54 Å². The monoisotopic (exact) mass is 809 g/mol. The fourth-order valence-electron chi connectivity index (χ4n) is 12.1. The minimum absolute atomic E-state index is 0.00529. The van der Waals surface area contributed by atoms with Gasteiger partial charge in [-0.3, -0.25) is 4.79 Å². The van der Waals surface area contributed by atoms with Crippen molar-refractivity contribution in [1.82, 2.24) is 20.9 Å². The molecule has 4 aromatic carbocycles. The van der Waals surface area contributed by atoms with Gasteiger partial charge in [0.2, 0.25) is 5.91 Å². The quantitative estimate of drug-likeness (QED) is 0.129. The number of amides is 3. The lowest BCUT2D eigenvalue weighted by atomic mass is 9.53. The second kappa shape index (κ2) is 16.3. The van der Waals surface area contributed by atoms with E-state index in [1.807, 2.05) is 30.3 Å². The average molecular weight is 810 g/mol. The number of nitrogens with one attached hydrogen (secondary N) is 3. The van der Waals surface area contributed by atoms with Crippen molar-refractivity contribution in [3.05, 3.63) is 125 Å². The molecule has 3 amide bonds. The minimum atomic E-state index is -0.573. The third kappa shape index (κ3) is 7.72. The number of urea groups is 1. The van der Waals surface area contributed by atoms with Crippen LogP contribution in [0.2, 0.25) is 0 Å². The summed E-state index contributed by atoms with van der Waals surface area (Å²) in [5.41, 5.74) is 6.64. The number of likely N-dealkylation sites (tertiary alicyclic amines) is 1. The van der Waals surface area contributed by atoms with Crippen LogP contribution in [0.1, 0.15) is 92.9 Å². The van der Waals surface area contributed by atoms with Gasteiger partial charge in [0.05, 0.1) is 25.5 Å². The van der Waals surface area contributed by atoms with E-state index in [0.29, 0.717) is 13.2 Å². The molecule has 11 rings (SSSR count). The van der Waals surface area contributed by atoms with Gasteiger partial charge in [0.15, 0.2) is 6.29 Å². The Hall–Kier alpha value is -4.74. The molecule has 0 aromatic heterocycles. The van der Waals surface area contributed by atoms with E-state index in [1.54, 1.807) is 0 Å². The number of para-hydroxylation sites is 1. The Bertz CT molecular complexity index is 2120. The Kier molecular flexibility index (Phi) is 10.7. The molecule has 10 nitrogen and oxygen atoms in total. The van der Waals surface area contributed by atoms with Crippen molar-refractivity contribution in [1.29, 1.82) is 0 Å². The van der Waals surface area contributed by atoms with Crippen LogP contribution in [0.4, 0.5) is 10.5 Å². The van der Waals surface area contributed by atoms with E-state index >= 15 is 0 Å². The summed E-state index contributed by atoms with van der Waals surface area (Å²) in [5, 5.41) is 19.5. The van der Waals surface area contributed by atoms with E-state index in [2.05, 4.69) is 105 Å². The summed E-state index contributed by atoms with van der Waals surface area (Å²) >= 11 is 0. The second-order valence-electron chi connectivity index (χ2n) is 18.9. The zero-order chi connectivity index (χ0) is 40.8. The van der Waals surface area contributed by atoms with E-state index in [4.69, 9.17) is 9.47 Å². The number of anilines is 1. The van der Waals surface area contributed by atoms with Gasteiger partial charge in [-0.15, -0.1) is 0 Å². The first-order chi connectivity index (χ1) is 29.2. The number of ether oxygens (including phenoxy) is 2. The first-order valence-corrected chi connectivity index (χ1v) is 22.3. The molecule has 4 saturated carbocycles. The molecule has 4 N–H and O–H groups in total. The molecule has 4 aliphatic carbocycles. The molecule has 0 unspecified atom stereocenters. The molecular weight excluding hydrogens is 751 g/mol. The van der Waals surface area contributed by atoms with Gasteiger partial charge >= 0.3 is 6.03 Å². The number of hydrogen-bond donors (Lipinski definition) is 4. The summed E-state index contributed by atoms with van der Waals surface area (Å²) in [5.74, 6) is 2.54. The number of rotatable bonds is 10. The zero-order valence-corrected chi connectivity index (χ0v) is 34.7. The summed E-state index contributed by atoms with van der Waals surface area (Å²) in [6.45, 7) is 5.52. The SMILES string of the molecule is C[C@H]1[C@@H](CN2CCC3(CC2)C(=O)NCN3c2ccccc2)O[C@@H](c2ccc(-c3cccc(CNC(=O)NC45CC6CC(CC(C6)C4)C5)c3)cc2)O[C@H]1c1ccc(CO)cc1. The van der Waals surface area contributed by atoms with Crippen LogP contribution in [0.15, 0.2) is 103 Å². The fourth-order valence-corrected chi connectivity index (χ4v) is 12.1. The van der Waals surface area contributed by atoms with Crippen LogP contribution >= 0.6 is 0 Å². The van der Waals surface area contributed by atoms with E-state index in [1.165, 1.54) is 19.3 Å². The third-order valence-electron chi connectivity index (χ3n) is 15.0. The molecule has 4 bridgehead atoms. The van der Waals surface area contributed by atoms with Gasteiger partial charge in [-0.05, 0) is 115 Å². The highest BCUT2D eigenvalue weighted by Gasteiger charge is 2.52. The van der Waals surface area contributed by atoms with Crippen LogP contribution in [0.5, 0.6) is 0 Å². The van der Waals surface area contributed by atoms with Crippen molar-refractivity contribution in [3.8, 4) is 11.1 Å². The summed E-state index contributed by atoms with van der Waals surface area (Å²) in [4.78, 5) is 31.3.